The Morgan fingerprint density at radius 2 is 2.05 bits per heavy atom. The van der Waals surface area contributed by atoms with Crippen molar-refractivity contribution in [3.05, 3.63) is 53.7 Å². The van der Waals surface area contributed by atoms with Gasteiger partial charge < -0.3 is 14.4 Å². The molecule has 0 aliphatic carbocycles. The molecule has 7 heteroatoms. The van der Waals surface area contributed by atoms with Crippen LogP contribution in [0.1, 0.15) is 21.9 Å². The number of nitrogens with zero attached hydrogens (tertiary/aromatic N) is 3. The minimum Gasteiger partial charge on any atom is -0.361 e. The van der Waals surface area contributed by atoms with Crippen LogP contribution in [0.25, 0.3) is 11.5 Å². The first-order valence-electron chi connectivity index (χ1n) is 6.31. The van der Waals surface area contributed by atoms with Crippen molar-refractivity contribution in [3.8, 4) is 11.5 Å². The molecule has 21 heavy (non-hydrogen) atoms. The van der Waals surface area contributed by atoms with Crippen LogP contribution in [-0.2, 0) is 6.54 Å². The Morgan fingerprint density at radius 1 is 1.24 bits per heavy atom. The molecule has 1 aromatic carbocycles. The van der Waals surface area contributed by atoms with Crippen molar-refractivity contribution >= 4 is 5.91 Å². The van der Waals surface area contributed by atoms with E-state index in [1.54, 1.807) is 6.92 Å². The molecule has 2 aromatic heterocycles. The molecule has 0 radical (unpaired) electrons. The van der Waals surface area contributed by atoms with Crippen LogP contribution in [0, 0.1) is 6.92 Å². The predicted molar refractivity (Wildman–Crippen MR) is 72.1 cm³/mol. The molecule has 0 spiro atoms. The molecule has 0 aliphatic heterocycles. The van der Waals surface area contributed by atoms with E-state index in [9.17, 15) is 4.79 Å². The highest BCUT2D eigenvalue weighted by Crippen LogP contribution is 2.16. The second-order valence-corrected chi connectivity index (χ2v) is 4.36. The zero-order valence-corrected chi connectivity index (χ0v) is 11.2. The van der Waals surface area contributed by atoms with Gasteiger partial charge in [-0.2, -0.15) is 4.98 Å². The molecule has 7 nitrogen and oxygen atoms in total. The number of hydrogen-bond donors (Lipinski definition) is 1. The molecule has 0 aliphatic rings. The highest BCUT2D eigenvalue weighted by atomic mass is 16.5. The summed E-state index contributed by atoms with van der Waals surface area (Å²) in [6.45, 7) is 1.84. The van der Waals surface area contributed by atoms with Crippen molar-refractivity contribution in [2.75, 3.05) is 0 Å². The highest BCUT2D eigenvalue weighted by molar-refractivity contribution is 5.94. The monoisotopic (exact) mass is 284 g/mol. The number of carbonyl (C=O) groups is 1. The molecule has 0 fully saturated rings. The number of rotatable bonds is 4. The largest absolute Gasteiger partial charge is 0.361 e. The molecular weight excluding hydrogens is 272 g/mol. The number of benzene rings is 1. The Morgan fingerprint density at radius 3 is 2.76 bits per heavy atom. The number of aromatic nitrogens is 3. The Kier molecular flexibility index (Phi) is 3.46. The van der Waals surface area contributed by atoms with Gasteiger partial charge in [0.15, 0.2) is 5.82 Å². The third-order valence-electron chi connectivity index (χ3n) is 2.89. The van der Waals surface area contributed by atoms with Crippen LogP contribution < -0.4 is 5.32 Å². The quantitative estimate of drug-likeness (QED) is 0.787. The molecule has 1 N–H and O–H groups in total. The summed E-state index contributed by atoms with van der Waals surface area (Å²) in [7, 11) is 0. The van der Waals surface area contributed by atoms with Crippen LogP contribution in [0.3, 0.4) is 0 Å². The molecule has 2 heterocycles. The molecule has 0 saturated heterocycles. The first kappa shape index (κ1) is 13.0. The van der Waals surface area contributed by atoms with Crippen LogP contribution in [0.2, 0.25) is 0 Å². The second-order valence-electron chi connectivity index (χ2n) is 4.36. The molecule has 1 amide bonds. The normalized spacial score (nSPS) is 10.5. The van der Waals surface area contributed by atoms with E-state index in [1.165, 1.54) is 6.20 Å². The molecule has 0 atom stereocenters. The number of aryl methyl sites for hydroxylation is 1. The van der Waals surface area contributed by atoms with Gasteiger partial charge in [0, 0.05) is 5.56 Å². The predicted octanol–water partition coefficient (Wildman–Crippen LogP) is 1.96. The molecule has 0 bridgehead atoms. The zero-order valence-electron chi connectivity index (χ0n) is 11.2. The number of amides is 1. The standard InChI is InChI=1S/C14H12N4O3/c1-9-11(7-16-20-9)13(19)15-8-12-17-14(21-18-12)10-5-3-2-4-6-10/h2-7H,8H2,1H3,(H,15,19). The lowest BCUT2D eigenvalue weighted by atomic mass is 10.2. The van der Waals surface area contributed by atoms with E-state index < -0.39 is 0 Å². The van der Waals surface area contributed by atoms with E-state index in [2.05, 4.69) is 20.6 Å². The Labute approximate surface area is 120 Å². The SMILES string of the molecule is Cc1oncc1C(=O)NCc1noc(-c2ccccc2)n1. The van der Waals surface area contributed by atoms with Gasteiger partial charge >= 0.3 is 0 Å². The van der Waals surface area contributed by atoms with Gasteiger partial charge in [-0.25, -0.2) is 0 Å². The molecule has 0 unspecified atom stereocenters. The van der Waals surface area contributed by atoms with Crippen molar-refractivity contribution in [2.24, 2.45) is 0 Å². The van der Waals surface area contributed by atoms with E-state index in [1.807, 2.05) is 30.3 Å². The second kappa shape index (κ2) is 5.58. The summed E-state index contributed by atoms with van der Waals surface area (Å²) < 4.78 is 9.99. The van der Waals surface area contributed by atoms with Gasteiger partial charge in [0.05, 0.1) is 12.7 Å². The maximum absolute atomic E-state index is 11.9. The summed E-state index contributed by atoms with van der Waals surface area (Å²) in [5.74, 6) is 0.989. The average Bonchev–Trinajstić information content (AvgIpc) is 3.15. The fourth-order valence-corrected chi connectivity index (χ4v) is 1.80. The van der Waals surface area contributed by atoms with E-state index >= 15 is 0 Å². The third-order valence-corrected chi connectivity index (χ3v) is 2.89. The van der Waals surface area contributed by atoms with E-state index in [0.29, 0.717) is 23.0 Å². The fraction of sp³-hybridized carbons (Fsp3) is 0.143. The van der Waals surface area contributed by atoms with Gasteiger partial charge in [-0.05, 0) is 19.1 Å². The first-order chi connectivity index (χ1) is 10.2. The molecule has 3 rings (SSSR count). The maximum atomic E-state index is 11.9. The lowest BCUT2D eigenvalue weighted by molar-refractivity contribution is 0.0948. The van der Waals surface area contributed by atoms with Crippen LogP contribution >= 0.6 is 0 Å². The Bertz CT molecular complexity index is 748. The van der Waals surface area contributed by atoms with Crippen LogP contribution in [0.4, 0.5) is 0 Å². The van der Waals surface area contributed by atoms with E-state index in [-0.39, 0.29) is 12.5 Å². The van der Waals surface area contributed by atoms with Crippen molar-refractivity contribution in [1.82, 2.24) is 20.6 Å². The van der Waals surface area contributed by atoms with Gasteiger partial charge in [0.1, 0.15) is 11.3 Å². The van der Waals surface area contributed by atoms with Crippen molar-refractivity contribution in [2.45, 2.75) is 13.5 Å². The van der Waals surface area contributed by atoms with Gasteiger partial charge in [0.25, 0.3) is 11.8 Å². The molecule has 3 aromatic rings. The Hall–Kier alpha value is -2.96. The summed E-state index contributed by atoms with van der Waals surface area (Å²) in [5, 5.41) is 10.1. The summed E-state index contributed by atoms with van der Waals surface area (Å²) in [6.07, 6.45) is 1.37. The van der Waals surface area contributed by atoms with E-state index in [4.69, 9.17) is 9.05 Å². The first-order valence-corrected chi connectivity index (χ1v) is 6.31. The number of hydrogen-bond acceptors (Lipinski definition) is 6. The van der Waals surface area contributed by atoms with Gasteiger partial charge in [-0.3, -0.25) is 4.79 Å². The lowest BCUT2D eigenvalue weighted by Crippen LogP contribution is -2.23. The van der Waals surface area contributed by atoms with Crippen LogP contribution in [0.5, 0.6) is 0 Å². The van der Waals surface area contributed by atoms with Crippen LogP contribution in [-0.4, -0.2) is 21.2 Å². The third kappa shape index (κ3) is 2.81. The minimum atomic E-state index is -0.292. The summed E-state index contributed by atoms with van der Waals surface area (Å²) in [4.78, 5) is 16.1. The average molecular weight is 284 g/mol. The zero-order chi connectivity index (χ0) is 14.7. The molecule has 0 saturated carbocycles. The fourth-order valence-electron chi connectivity index (χ4n) is 1.80. The van der Waals surface area contributed by atoms with Crippen molar-refractivity contribution in [3.63, 3.8) is 0 Å². The minimum absolute atomic E-state index is 0.166. The Balaban J connectivity index is 1.66. The lowest BCUT2D eigenvalue weighted by Gasteiger charge is -1.99. The smallest absolute Gasteiger partial charge is 0.257 e. The molecule has 106 valence electrons. The van der Waals surface area contributed by atoms with Gasteiger partial charge in [-0.1, -0.05) is 28.5 Å². The van der Waals surface area contributed by atoms with Gasteiger partial charge in [-0.15, -0.1) is 0 Å². The summed E-state index contributed by atoms with van der Waals surface area (Å²) in [5.41, 5.74) is 1.22. The molecular formula is C14H12N4O3. The summed E-state index contributed by atoms with van der Waals surface area (Å²) in [6, 6.07) is 9.42. The van der Waals surface area contributed by atoms with Crippen LogP contribution in [0.15, 0.2) is 45.6 Å². The number of carbonyl (C=O) groups excluding carboxylic acids is 1. The topological polar surface area (TPSA) is 94.1 Å². The van der Waals surface area contributed by atoms with Crippen molar-refractivity contribution in [1.29, 1.82) is 0 Å². The van der Waals surface area contributed by atoms with E-state index in [0.717, 1.165) is 5.56 Å². The van der Waals surface area contributed by atoms with Gasteiger partial charge in [0.2, 0.25) is 0 Å². The number of nitrogens with one attached hydrogen (secondary N) is 1. The van der Waals surface area contributed by atoms with Crippen molar-refractivity contribution < 1.29 is 13.8 Å². The maximum Gasteiger partial charge on any atom is 0.257 e. The highest BCUT2D eigenvalue weighted by Gasteiger charge is 2.14. The summed E-state index contributed by atoms with van der Waals surface area (Å²) >= 11 is 0.